The number of amides is 1. The lowest BCUT2D eigenvalue weighted by molar-refractivity contribution is 0.0741. The van der Waals surface area contributed by atoms with E-state index in [2.05, 4.69) is 15.9 Å². The van der Waals surface area contributed by atoms with Crippen molar-refractivity contribution in [1.82, 2.24) is 4.90 Å². The molecule has 0 aliphatic heterocycles. The minimum atomic E-state index is -3.97. The molecule has 0 spiro atoms. The van der Waals surface area contributed by atoms with Crippen LogP contribution in [0, 0.1) is 0 Å². The van der Waals surface area contributed by atoms with Crippen LogP contribution >= 0.6 is 15.9 Å². The molecule has 4 N–H and O–H groups in total. The van der Waals surface area contributed by atoms with Crippen molar-refractivity contribution >= 4 is 41.9 Å². The number of benzene rings is 2. The molecule has 8 nitrogen and oxygen atoms in total. The standard InChI is InChI=1S/C16H18BrN3O5S2/c1-10(11-4-3-5-12(8-11)26(18,22)23)20(2)16(21)14-9-13(27(19,24)25)6-7-15(14)17/h3-10H,1-2H3,(H2,18,22,23)(H2,19,24,25). The summed E-state index contributed by atoms with van der Waals surface area (Å²) in [6, 6.07) is 9.33. The van der Waals surface area contributed by atoms with E-state index in [9.17, 15) is 21.6 Å². The third-order valence-electron chi connectivity index (χ3n) is 4.07. The van der Waals surface area contributed by atoms with E-state index in [4.69, 9.17) is 10.3 Å². The van der Waals surface area contributed by atoms with E-state index in [0.29, 0.717) is 10.0 Å². The van der Waals surface area contributed by atoms with Gasteiger partial charge in [-0.1, -0.05) is 12.1 Å². The van der Waals surface area contributed by atoms with Gasteiger partial charge in [0.15, 0.2) is 0 Å². The SMILES string of the molecule is CC(c1cccc(S(N)(=O)=O)c1)N(C)C(=O)c1cc(S(N)(=O)=O)ccc1Br. The van der Waals surface area contributed by atoms with Gasteiger partial charge in [0.25, 0.3) is 5.91 Å². The summed E-state index contributed by atoms with van der Waals surface area (Å²) in [5.41, 5.74) is 0.662. The van der Waals surface area contributed by atoms with Gasteiger partial charge < -0.3 is 4.90 Å². The molecule has 1 unspecified atom stereocenters. The average molecular weight is 476 g/mol. The van der Waals surface area contributed by atoms with Gasteiger partial charge in [0, 0.05) is 11.5 Å². The maximum atomic E-state index is 12.9. The lowest BCUT2D eigenvalue weighted by Gasteiger charge is -2.26. The zero-order valence-electron chi connectivity index (χ0n) is 14.5. The number of primary sulfonamides is 2. The molecule has 1 atom stereocenters. The van der Waals surface area contributed by atoms with Gasteiger partial charge >= 0.3 is 0 Å². The number of nitrogens with zero attached hydrogens (tertiary/aromatic N) is 1. The van der Waals surface area contributed by atoms with Crippen LogP contribution in [0.2, 0.25) is 0 Å². The molecule has 0 heterocycles. The molecule has 0 radical (unpaired) electrons. The fourth-order valence-electron chi connectivity index (χ4n) is 2.39. The van der Waals surface area contributed by atoms with Crippen LogP contribution in [0.5, 0.6) is 0 Å². The molecule has 0 saturated heterocycles. The molecule has 0 aliphatic carbocycles. The number of carbonyl (C=O) groups is 1. The summed E-state index contributed by atoms with van der Waals surface area (Å²) < 4.78 is 46.6. The highest BCUT2D eigenvalue weighted by molar-refractivity contribution is 9.10. The molecule has 146 valence electrons. The Balaban J connectivity index is 2.41. The Labute approximate surface area is 166 Å². The largest absolute Gasteiger partial charge is 0.335 e. The van der Waals surface area contributed by atoms with E-state index in [1.165, 1.54) is 48.3 Å². The molecule has 0 fully saturated rings. The number of halogens is 1. The van der Waals surface area contributed by atoms with Crippen LogP contribution < -0.4 is 10.3 Å². The van der Waals surface area contributed by atoms with Crippen molar-refractivity contribution in [3.05, 3.63) is 58.1 Å². The van der Waals surface area contributed by atoms with Crippen LogP contribution in [-0.4, -0.2) is 34.7 Å². The number of hydrogen-bond donors (Lipinski definition) is 2. The highest BCUT2D eigenvalue weighted by Gasteiger charge is 2.23. The van der Waals surface area contributed by atoms with Crippen LogP contribution in [0.1, 0.15) is 28.9 Å². The van der Waals surface area contributed by atoms with E-state index in [1.54, 1.807) is 13.0 Å². The van der Waals surface area contributed by atoms with Crippen molar-refractivity contribution in [2.45, 2.75) is 22.8 Å². The summed E-state index contributed by atoms with van der Waals surface area (Å²) in [4.78, 5) is 14.0. The summed E-state index contributed by atoms with van der Waals surface area (Å²) in [5, 5.41) is 10.3. The first kappa shape index (κ1) is 21.5. The van der Waals surface area contributed by atoms with Gasteiger partial charge in [-0.2, -0.15) is 0 Å². The molecular weight excluding hydrogens is 458 g/mol. The zero-order chi connectivity index (χ0) is 20.6. The number of carbonyl (C=O) groups excluding carboxylic acids is 1. The maximum Gasteiger partial charge on any atom is 0.255 e. The first-order valence-electron chi connectivity index (χ1n) is 7.54. The highest BCUT2D eigenvalue weighted by Crippen LogP contribution is 2.27. The van der Waals surface area contributed by atoms with Crippen LogP contribution in [0.3, 0.4) is 0 Å². The molecule has 0 saturated carbocycles. The van der Waals surface area contributed by atoms with E-state index in [0.717, 1.165) is 0 Å². The van der Waals surface area contributed by atoms with Gasteiger partial charge in [0.05, 0.1) is 21.4 Å². The monoisotopic (exact) mass is 475 g/mol. The van der Waals surface area contributed by atoms with Crippen molar-refractivity contribution in [2.75, 3.05) is 7.05 Å². The molecular formula is C16H18BrN3O5S2. The van der Waals surface area contributed by atoms with Gasteiger partial charge in [0.2, 0.25) is 20.0 Å². The smallest absolute Gasteiger partial charge is 0.255 e. The fourth-order valence-corrected chi connectivity index (χ4v) is 3.91. The van der Waals surface area contributed by atoms with E-state index in [1.807, 2.05) is 0 Å². The molecule has 1 amide bonds. The lowest BCUT2D eigenvalue weighted by atomic mass is 10.1. The molecule has 27 heavy (non-hydrogen) atoms. The van der Waals surface area contributed by atoms with Gasteiger partial charge in [-0.15, -0.1) is 0 Å². The van der Waals surface area contributed by atoms with Gasteiger partial charge in [-0.05, 0) is 58.7 Å². The summed E-state index contributed by atoms with van der Waals surface area (Å²) >= 11 is 3.23. The quantitative estimate of drug-likeness (QED) is 0.674. The molecule has 0 aliphatic rings. The van der Waals surface area contributed by atoms with Crippen LogP contribution in [-0.2, 0) is 20.0 Å². The molecule has 2 rings (SSSR count). The van der Waals surface area contributed by atoms with E-state index in [-0.39, 0.29) is 15.4 Å². The van der Waals surface area contributed by atoms with Crippen molar-refractivity contribution in [1.29, 1.82) is 0 Å². The van der Waals surface area contributed by atoms with Gasteiger partial charge in [-0.25, -0.2) is 27.1 Å². The second-order valence-corrected chi connectivity index (χ2v) is 9.87. The minimum absolute atomic E-state index is 0.0647. The molecule has 0 bridgehead atoms. The maximum absolute atomic E-state index is 12.9. The predicted molar refractivity (Wildman–Crippen MR) is 104 cm³/mol. The number of hydrogen-bond acceptors (Lipinski definition) is 5. The van der Waals surface area contributed by atoms with E-state index < -0.39 is 32.0 Å². The average Bonchev–Trinajstić information content (AvgIpc) is 2.58. The lowest BCUT2D eigenvalue weighted by Crippen LogP contribution is -2.30. The Morgan fingerprint density at radius 3 is 2.11 bits per heavy atom. The third kappa shape index (κ3) is 4.93. The molecule has 2 aromatic carbocycles. The number of nitrogens with two attached hydrogens (primary N) is 2. The summed E-state index contributed by atoms with van der Waals surface area (Å²) in [5.74, 6) is -0.471. The Bertz CT molecular complexity index is 1100. The highest BCUT2D eigenvalue weighted by atomic mass is 79.9. The number of rotatable bonds is 5. The van der Waals surface area contributed by atoms with Crippen LogP contribution in [0.4, 0.5) is 0 Å². The summed E-state index contributed by atoms with van der Waals surface area (Å²) in [7, 11) is -6.32. The van der Waals surface area contributed by atoms with E-state index >= 15 is 0 Å². The Morgan fingerprint density at radius 1 is 1.00 bits per heavy atom. The van der Waals surface area contributed by atoms with Crippen LogP contribution in [0.25, 0.3) is 0 Å². The Morgan fingerprint density at radius 2 is 1.56 bits per heavy atom. The Kier molecular flexibility index (Phi) is 6.12. The Hall–Kier alpha value is -1.79. The van der Waals surface area contributed by atoms with Gasteiger partial charge in [-0.3, -0.25) is 4.79 Å². The van der Waals surface area contributed by atoms with Crippen molar-refractivity contribution < 1.29 is 21.6 Å². The topological polar surface area (TPSA) is 141 Å². The summed E-state index contributed by atoms with van der Waals surface area (Å²) in [6.45, 7) is 1.71. The van der Waals surface area contributed by atoms with Crippen molar-refractivity contribution in [3.8, 4) is 0 Å². The second-order valence-electron chi connectivity index (χ2n) is 5.90. The molecule has 11 heteroatoms. The summed E-state index contributed by atoms with van der Waals surface area (Å²) in [6.07, 6.45) is 0. The van der Waals surface area contributed by atoms with Crippen molar-refractivity contribution in [2.24, 2.45) is 10.3 Å². The normalized spacial score (nSPS) is 13.2. The number of sulfonamides is 2. The molecule has 2 aromatic rings. The second kappa shape index (κ2) is 7.68. The predicted octanol–water partition coefficient (Wildman–Crippen LogP) is 1.58. The van der Waals surface area contributed by atoms with Crippen molar-refractivity contribution in [3.63, 3.8) is 0 Å². The third-order valence-corrected chi connectivity index (χ3v) is 6.58. The fraction of sp³-hybridized carbons (Fsp3) is 0.188. The minimum Gasteiger partial charge on any atom is -0.335 e. The first-order chi connectivity index (χ1) is 12.3. The molecule has 0 aromatic heterocycles. The zero-order valence-corrected chi connectivity index (χ0v) is 17.7. The first-order valence-corrected chi connectivity index (χ1v) is 11.4. The van der Waals surface area contributed by atoms with Gasteiger partial charge in [0.1, 0.15) is 0 Å². The van der Waals surface area contributed by atoms with Crippen LogP contribution in [0.15, 0.2) is 56.7 Å².